The quantitative estimate of drug-likeness (QED) is 0.261. The van der Waals surface area contributed by atoms with Crippen molar-refractivity contribution in [1.82, 2.24) is 15.5 Å². The molecule has 8 heteroatoms. The highest BCUT2D eigenvalue weighted by atomic mass is 127. The van der Waals surface area contributed by atoms with E-state index in [2.05, 4.69) is 44.8 Å². The van der Waals surface area contributed by atoms with Crippen LogP contribution in [0.3, 0.4) is 0 Å². The molecule has 0 atom stereocenters. The van der Waals surface area contributed by atoms with Crippen molar-refractivity contribution in [3.8, 4) is 17.2 Å². The van der Waals surface area contributed by atoms with Crippen LogP contribution < -0.4 is 20.1 Å². The zero-order valence-corrected chi connectivity index (χ0v) is 21.5. The van der Waals surface area contributed by atoms with E-state index in [1.807, 2.05) is 0 Å². The molecule has 2 aromatic rings. The van der Waals surface area contributed by atoms with Crippen molar-refractivity contribution in [2.24, 2.45) is 4.99 Å². The van der Waals surface area contributed by atoms with Crippen molar-refractivity contribution < 1.29 is 14.6 Å². The smallest absolute Gasteiger partial charge is 0.200 e. The average Bonchev–Trinajstić information content (AvgIpc) is 2.81. The normalized spacial score (nSPS) is 14.4. The van der Waals surface area contributed by atoms with Gasteiger partial charge in [0.05, 0.1) is 14.2 Å². The van der Waals surface area contributed by atoms with E-state index in [-0.39, 0.29) is 29.7 Å². The molecule has 0 bridgehead atoms. The Kier molecular flexibility index (Phi) is 10.9. The van der Waals surface area contributed by atoms with E-state index in [1.54, 1.807) is 19.2 Å². The Bertz CT molecular complexity index is 843. The van der Waals surface area contributed by atoms with Crippen LogP contribution in [0.1, 0.15) is 36.0 Å². The van der Waals surface area contributed by atoms with Gasteiger partial charge in [-0.25, -0.2) is 0 Å². The summed E-state index contributed by atoms with van der Waals surface area (Å²) < 4.78 is 10.4. The van der Waals surface area contributed by atoms with Crippen molar-refractivity contribution >= 4 is 29.9 Å². The zero-order valence-electron chi connectivity index (χ0n) is 19.2. The van der Waals surface area contributed by atoms with Crippen molar-refractivity contribution in [3.63, 3.8) is 0 Å². The number of aromatic hydroxyl groups is 1. The van der Waals surface area contributed by atoms with Gasteiger partial charge in [0.1, 0.15) is 0 Å². The predicted octanol–water partition coefficient (Wildman–Crippen LogP) is 3.88. The average molecular weight is 554 g/mol. The second kappa shape index (κ2) is 13.4. The number of halogens is 1. The molecule has 1 heterocycles. The molecule has 0 saturated carbocycles. The summed E-state index contributed by atoms with van der Waals surface area (Å²) in [6.07, 6.45) is 4.00. The number of piperidine rings is 1. The molecule has 2 aromatic carbocycles. The number of benzene rings is 2. The predicted molar refractivity (Wildman–Crippen MR) is 139 cm³/mol. The molecule has 32 heavy (non-hydrogen) atoms. The maximum Gasteiger partial charge on any atom is 0.200 e. The Morgan fingerprint density at radius 3 is 1.97 bits per heavy atom. The lowest BCUT2D eigenvalue weighted by molar-refractivity contribution is 0.221. The number of hydrogen-bond acceptors (Lipinski definition) is 5. The number of hydrogen-bond donors (Lipinski definition) is 3. The molecule has 176 valence electrons. The highest BCUT2D eigenvalue weighted by Gasteiger charge is 2.12. The minimum atomic E-state index is -0.00000860. The number of methoxy groups -OCH3 is 2. The lowest BCUT2D eigenvalue weighted by Gasteiger charge is -2.26. The summed E-state index contributed by atoms with van der Waals surface area (Å²) in [5, 5.41) is 16.7. The molecule has 3 N–H and O–H groups in total. The van der Waals surface area contributed by atoms with Gasteiger partial charge >= 0.3 is 0 Å². The maximum atomic E-state index is 10.0. The topological polar surface area (TPSA) is 78.4 Å². The number of phenolic OH excluding ortho intramolecular Hbond substituents is 1. The molecule has 0 aliphatic carbocycles. The van der Waals surface area contributed by atoms with Gasteiger partial charge in [0.15, 0.2) is 17.5 Å². The summed E-state index contributed by atoms with van der Waals surface area (Å²) in [5.41, 5.74) is 3.48. The largest absolute Gasteiger partial charge is 0.502 e. The summed E-state index contributed by atoms with van der Waals surface area (Å²) in [7, 11) is 4.78. The first-order valence-corrected chi connectivity index (χ1v) is 10.8. The van der Waals surface area contributed by atoms with Gasteiger partial charge in [-0.1, -0.05) is 30.7 Å². The third kappa shape index (κ3) is 7.44. The monoisotopic (exact) mass is 554 g/mol. The Balaban J connectivity index is 0.00000363. The lowest BCUT2D eigenvalue weighted by Crippen LogP contribution is -2.36. The van der Waals surface area contributed by atoms with E-state index in [1.165, 1.54) is 57.7 Å². The Morgan fingerprint density at radius 1 is 0.906 bits per heavy atom. The molecule has 1 saturated heterocycles. The van der Waals surface area contributed by atoms with E-state index in [0.717, 1.165) is 12.1 Å². The molecule has 0 radical (unpaired) electrons. The highest BCUT2D eigenvalue weighted by molar-refractivity contribution is 14.0. The first kappa shape index (κ1) is 26.1. The van der Waals surface area contributed by atoms with Gasteiger partial charge in [-0.3, -0.25) is 9.89 Å². The Hall–Kier alpha value is -2.20. The van der Waals surface area contributed by atoms with Crippen LogP contribution >= 0.6 is 24.0 Å². The third-order valence-corrected chi connectivity index (χ3v) is 5.56. The maximum absolute atomic E-state index is 10.0. The van der Waals surface area contributed by atoms with E-state index in [9.17, 15) is 5.11 Å². The fourth-order valence-electron chi connectivity index (χ4n) is 3.78. The molecule has 0 aromatic heterocycles. The molecule has 1 aliphatic heterocycles. The van der Waals surface area contributed by atoms with E-state index < -0.39 is 0 Å². The number of nitrogens with zero attached hydrogens (tertiary/aromatic N) is 2. The van der Waals surface area contributed by atoms with Crippen molar-refractivity contribution in [3.05, 3.63) is 53.1 Å². The molecule has 0 unspecified atom stereocenters. The minimum absolute atomic E-state index is 0. The van der Waals surface area contributed by atoms with Crippen LogP contribution in [-0.4, -0.2) is 50.3 Å². The molecule has 7 nitrogen and oxygen atoms in total. The lowest BCUT2D eigenvalue weighted by atomic mass is 10.1. The van der Waals surface area contributed by atoms with Gasteiger partial charge in [-0.05, 0) is 54.8 Å². The van der Waals surface area contributed by atoms with Crippen LogP contribution in [0.5, 0.6) is 17.2 Å². The van der Waals surface area contributed by atoms with Crippen LogP contribution in [0.2, 0.25) is 0 Å². The standard InChI is InChI=1S/C24H34N4O3.HI/c1-25-24(27-16-20-13-21(30-2)23(29)22(14-20)31-3)26-15-18-7-9-19(10-8-18)17-28-11-5-4-6-12-28;/h7-10,13-14,29H,4-6,11-12,15-17H2,1-3H3,(H2,25,26,27);1H. The number of guanidine groups is 1. The Labute approximate surface area is 208 Å². The summed E-state index contributed by atoms with van der Waals surface area (Å²) in [6, 6.07) is 12.3. The summed E-state index contributed by atoms with van der Waals surface area (Å²) >= 11 is 0. The molecule has 1 aliphatic rings. The van der Waals surface area contributed by atoms with Gasteiger partial charge < -0.3 is 25.2 Å². The van der Waals surface area contributed by atoms with Crippen molar-refractivity contribution in [1.29, 1.82) is 0 Å². The third-order valence-electron chi connectivity index (χ3n) is 5.56. The van der Waals surface area contributed by atoms with Gasteiger partial charge in [-0.2, -0.15) is 0 Å². The molecule has 3 rings (SSSR count). The Morgan fingerprint density at radius 2 is 1.44 bits per heavy atom. The summed E-state index contributed by atoms with van der Waals surface area (Å²) in [5.74, 6) is 1.45. The molecular formula is C24H35IN4O3. The van der Waals surface area contributed by atoms with Gasteiger partial charge in [0, 0.05) is 26.7 Å². The molecule has 0 spiro atoms. The second-order valence-electron chi connectivity index (χ2n) is 7.78. The number of phenols is 1. The number of ether oxygens (including phenoxy) is 2. The van der Waals surface area contributed by atoms with Crippen LogP contribution in [0.25, 0.3) is 0 Å². The number of nitrogens with one attached hydrogen (secondary N) is 2. The number of rotatable bonds is 8. The minimum Gasteiger partial charge on any atom is -0.502 e. The number of likely N-dealkylation sites (tertiary alicyclic amines) is 1. The molecule has 0 amide bonds. The van der Waals surface area contributed by atoms with Gasteiger partial charge in [-0.15, -0.1) is 24.0 Å². The fourth-order valence-corrected chi connectivity index (χ4v) is 3.78. The first-order chi connectivity index (χ1) is 15.1. The fraction of sp³-hybridized carbons (Fsp3) is 0.458. The first-order valence-electron chi connectivity index (χ1n) is 10.8. The summed E-state index contributed by atoms with van der Waals surface area (Å²) in [6.45, 7) is 4.66. The van der Waals surface area contributed by atoms with E-state index in [0.29, 0.717) is 30.5 Å². The van der Waals surface area contributed by atoms with Crippen molar-refractivity contribution in [2.45, 2.75) is 38.9 Å². The second-order valence-corrected chi connectivity index (χ2v) is 7.78. The van der Waals surface area contributed by atoms with Gasteiger partial charge in [0.2, 0.25) is 5.75 Å². The van der Waals surface area contributed by atoms with E-state index >= 15 is 0 Å². The van der Waals surface area contributed by atoms with E-state index in [4.69, 9.17) is 9.47 Å². The molecular weight excluding hydrogens is 519 g/mol. The van der Waals surface area contributed by atoms with Crippen LogP contribution in [-0.2, 0) is 19.6 Å². The zero-order chi connectivity index (χ0) is 22.1. The van der Waals surface area contributed by atoms with Crippen LogP contribution in [0.4, 0.5) is 0 Å². The van der Waals surface area contributed by atoms with Gasteiger partial charge in [0.25, 0.3) is 0 Å². The summed E-state index contributed by atoms with van der Waals surface area (Å²) in [4.78, 5) is 6.83. The highest BCUT2D eigenvalue weighted by Crippen LogP contribution is 2.37. The molecule has 1 fully saturated rings. The number of aliphatic imine (C=N–C) groups is 1. The van der Waals surface area contributed by atoms with Crippen LogP contribution in [0, 0.1) is 0 Å². The van der Waals surface area contributed by atoms with Crippen molar-refractivity contribution in [2.75, 3.05) is 34.4 Å². The van der Waals surface area contributed by atoms with Crippen LogP contribution in [0.15, 0.2) is 41.4 Å². The SMILES string of the molecule is CN=C(NCc1ccc(CN2CCCCC2)cc1)NCc1cc(OC)c(O)c(OC)c1.I.